The number of phenols is 1. The second-order valence-corrected chi connectivity index (χ2v) is 35.3. The fraction of sp³-hybridized carbons (Fsp3) is 0.567. The van der Waals surface area contributed by atoms with Crippen molar-refractivity contribution in [3.63, 3.8) is 0 Å². The van der Waals surface area contributed by atoms with Gasteiger partial charge in [0.05, 0.1) is 69.6 Å². The number of aliphatic hydroxyl groups excluding tert-OH is 5. The number of carboxylic acid groups (broad SMARTS) is 4. The summed E-state index contributed by atoms with van der Waals surface area (Å²) < 4.78 is 0. The van der Waals surface area contributed by atoms with Crippen LogP contribution in [0.1, 0.15) is 150 Å². The molecule has 0 fully saturated rings. The molecule has 20 amide bonds. The fourth-order valence-corrected chi connectivity index (χ4v) is 13.7. The number of phenolic OH excluding ortho intramolecular Hbond substituents is 1. The van der Waals surface area contributed by atoms with Crippen LogP contribution in [-0.4, -0.2) is 363 Å². The summed E-state index contributed by atoms with van der Waals surface area (Å²) in [6.45, 7) is 5.74. The molecule has 0 saturated carbocycles. The number of carboxylic acids is 4. The fourth-order valence-electron chi connectivity index (χ4n) is 13.7. The third kappa shape index (κ3) is 46.2. The molecule has 3 rings (SSSR count). The van der Waals surface area contributed by atoms with E-state index in [9.17, 15) is 166 Å². The maximum absolute atomic E-state index is 14.6. The molecular weight excluding hydrogens is 1960 g/mol. The van der Waals surface area contributed by atoms with E-state index in [1.807, 2.05) is 10.6 Å². The van der Waals surface area contributed by atoms with Gasteiger partial charge in [0.15, 0.2) is 0 Å². The van der Waals surface area contributed by atoms with Gasteiger partial charge in [-0.05, 0) is 121 Å². The van der Waals surface area contributed by atoms with Gasteiger partial charge in [-0.15, -0.1) is 0 Å². The van der Waals surface area contributed by atoms with Crippen molar-refractivity contribution in [2.45, 2.75) is 273 Å². The highest BCUT2D eigenvalue weighted by molar-refractivity contribution is 6.03. The van der Waals surface area contributed by atoms with Gasteiger partial charge in [-0.1, -0.05) is 70.2 Å². The summed E-state index contributed by atoms with van der Waals surface area (Å²) >= 11 is 0. The van der Waals surface area contributed by atoms with Crippen LogP contribution in [0.15, 0.2) is 67.1 Å². The molecule has 0 spiro atoms. The molecule has 20 atom stereocenters. The number of carbonyl (C=O) groups is 24. The summed E-state index contributed by atoms with van der Waals surface area (Å²) in [5, 5.41) is 145. The van der Waals surface area contributed by atoms with Crippen LogP contribution < -0.4 is 118 Å². The van der Waals surface area contributed by atoms with Crippen LogP contribution in [0.2, 0.25) is 0 Å². The molecule has 1 aromatic heterocycles. The molecule has 1 heterocycles. The van der Waals surface area contributed by atoms with Crippen molar-refractivity contribution in [1.29, 1.82) is 0 Å². The van der Waals surface area contributed by atoms with E-state index >= 15 is 0 Å². The number of H-pyrrole nitrogens is 1. The van der Waals surface area contributed by atoms with E-state index in [2.05, 4.69) is 100 Å². The van der Waals surface area contributed by atoms with Crippen molar-refractivity contribution in [3.8, 4) is 5.75 Å². The first-order valence-electron chi connectivity index (χ1n) is 46.8. The van der Waals surface area contributed by atoms with Crippen LogP contribution in [0.4, 0.5) is 0 Å². The number of hydrogen-bond donors (Lipinski definition) is 33. The number of aromatic nitrogens is 2. The van der Waals surface area contributed by atoms with Gasteiger partial charge < -0.3 is 174 Å². The molecule has 0 aliphatic heterocycles. The topological polar surface area (TPSA) is 947 Å². The van der Waals surface area contributed by atoms with Crippen LogP contribution in [0.25, 0.3) is 0 Å². The number of amides is 20. The highest BCUT2D eigenvalue weighted by Crippen LogP contribution is 2.17. The summed E-state index contributed by atoms with van der Waals surface area (Å²) in [6, 6.07) is -19.0. The second kappa shape index (κ2) is 64.3. The van der Waals surface area contributed by atoms with Crippen molar-refractivity contribution in [2.75, 3.05) is 39.5 Å². The number of aliphatic carboxylic acids is 4. The standard InChI is InChI=1S/C90H136N24O34/c1-41(2)29-57(80(137)103-54(24-27-68(126)127)78(135)95-35-65(122)101-55(22-25-64(93)121)79(136)100-43(5)73(130)98-44(6)75(132)104-56(90(147)148)17-13-14-28-91)105-81(138)58(31-49-18-20-51(120)21-19-49)106-84(141)61(37-115)109-86(143)63(39-117)110-87(144)70(42(3)4)113-83(140)60(33-69(128)129)107-85(142)62(38-116)111-89(146)72(47(9)119)114-82(139)59(30-48-15-11-10-12-16-48)108-88(145)71(46(8)118)112-66(123)36-96-77(134)53(23-26-67(124)125)102-74(131)45(7)99-76(133)52(92)32-50-34-94-40-97-50/h10-12,15-16,18-21,34,40-47,52-63,70-72,115-120H,13-14,17,22-33,35-39,91-92H2,1-9H3,(H2,93,121)(H,94,97)(H,95,135)(H,96,134)(H,98,130)(H,99,133)(H,100,136)(H,101,122)(H,102,131)(H,103,137)(H,104,132)(H,105,138)(H,106,141)(H,107,142)(H,108,145)(H,109,143)(H,110,144)(H,111,146)(H,112,123)(H,113,140)(H,114,139)(H,124,125)(H,126,127)(H,128,129)(H,147,148)/t43-,44-,45-,46+,47+,52+,53-,54-,55-,56-,57-,58-,59-,60-,61-,62-,63-,70-,71-,72-/m0/s1. The number of nitrogens with one attached hydrogen (secondary N) is 20. The normalized spacial score (nSPS) is 15.1. The van der Waals surface area contributed by atoms with E-state index in [4.69, 9.17) is 17.2 Å². The van der Waals surface area contributed by atoms with Gasteiger partial charge in [-0.2, -0.15) is 0 Å². The van der Waals surface area contributed by atoms with Gasteiger partial charge in [0.25, 0.3) is 0 Å². The average molecular weight is 2100 g/mol. The van der Waals surface area contributed by atoms with E-state index in [1.54, 1.807) is 19.9 Å². The summed E-state index contributed by atoms with van der Waals surface area (Å²) in [6.07, 6.45) is -6.27. The summed E-state index contributed by atoms with van der Waals surface area (Å²) in [7, 11) is 0. The molecule has 820 valence electrons. The first-order chi connectivity index (χ1) is 69.5. The predicted molar refractivity (Wildman–Crippen MR) is 512 cm³/mol. The van der Waals surface area contributed by atoms with E-state index in [0.29, 0.717) is 24.1 Å². The first kappa shape index (κ1) is 127. The Kier molecular flexibility index (Phi) is 55.0. The van der Waals surface area contributed by atoms with E-state index < -0.39 is 366 Å². The number of nitrogens with zero attached hydrogens (tertiary/aromatic N) is 1. The van der Waals surface area contributed by atoms with Gasteiger partial charge in [0, 0.05) is 44.7 Å². The molecule has 58 heteroatoms. The van der Waals surface area contributed by atoms with Gasteiger partial charge in [0.2, 0.25) is 118 Å². The SMILES string of the molecule is CC(C)C[C@H](NC(=O)[C@H](Cc1ccc(O)cc1)NC(=O)[C@H](CO)NC(=O)[C@H](CO)NC(=O)[C@@H](NC(=O)[C@H](CC(=O)O)NC(=O)[C@H](CO)NC(=O)[C@@H](NC(=O)[C@H](Cc1ccccc1)NC(=O)[C@@H](NC(=O)CNC(=O)[C@H](CCC(=O)O)NC(=O)[C@H](C)NC(=O)[C@H](N)Cc1c[nH]cn1)[C@@H](C)O)[C@@H](C)O)C(C)C)C(=O)N[C@@H](CCC(=O)O)C(=O)NCC(=O)N[C@@H](CCC(N)=O)C(=O)N[C@@H](C)C(=O)N[C@@H](C)C(=O)N[C@@H](CCCCN)C(=O)O. The first-order valence-corrected chi connectivity index (χ1v) is 46.8. The van der Waals surface area contributed by atoms with Gasteiger partial charge in [-0.3, -0.25) is 110 Å². The molecule has 2 aromatic carbocycles. The zero-order valence-electron chi connectivity index (χ0n) is 82.6. The van der Waals surface area contributed by atoms with Crippen molar-refractivity contribution in [3.05, 3.63) is 83.9 Å². The highest BCUT2D eigenvalue weighted by atomic mass is 16.4. The Morgan fingerprint density at radius 1 is 0.358 bits per heavy atom. The molecule has 36 N–H and O–H groups in total. The molecular formula is C90H136N24O34. The number of imidazole rings is 1. The minimum atomic E-state index is -2.23. The summed E-state index contributed by atoms with van der Waals surface area (Å²) in [5.41, 5.74) is 17.7. The number of unbranched alkanes of at least 4 members (excludes halogenated alkanes) is 1. The zero-order valence-corrected chi connectivity index (χ0v) is 82.6. The largest absolute Gasteiger partial charge is 0.508 e. The lowest BCUT2D eigenvalue weighted by atomic mass is 10.00. The lowest BCUT2D eigenvalue weighted by Gasteiger charge is -2.29. The number of benzene rings is 2. The number of primary amides is 1. The number of nitrogens with two attached hydrogens (primary N) is 3. The molecule has 148 heavy (non-hydrogen) atoms. The number of rotatable bonds is 68. The van der Waals surface area contributed by atoms with Crippen molar-refractivity contribution >= 4 is 142 Å². The number of aromatic hydroxyl groups is 1. The Balaban J connectivity index is 1.81. The lowest BCUT2D eigenvalue weighted by Crippen LogP contribution is -2.63. The number of carbonyl (C=O) groups excluding carboxylic acids is 20. The van der Waals surface area contributed by atoms with Crippen LogP contribution in [0.5, 0.6) is 5.75 Å². The Bertz CT molecular complexity index is 5050. The predicted octanol–water partition coefficient (Wildman–Crippen LogP) is -12.9. The van der Waals surface area contributed by atoms with E-state index in [1.165, 1.54) is 95.7 Å². The van der Waals surface area contributed by atoms with Gasteiger partial charge >= 0.3 is 23.9 Å². The Hall–Kier alpha value is -15.5. The second-order valence-electron chi connectivity index (χ2n) is 35.3. The number of aromatic amines is 1. The molecule has 3 aromatic rings. The van der Waals surface area contributed by atoms with Crippen LogP contribution in [-0.2, 0) is 134 Å². The van der Waals surface area contributed by atoms with Crippen molar-refractivity contribution in [2.24, 2.45) is 29.0 Å². The summed E-state index contributed by atoms with van der Waals surface area (Å²) in [5.74, 6) is -31.6. The molecule has 0 aliphatic carbocycles. The van der Waals surface area contributed by atoms with Gasteiger partial charge in [0.1, 0.15) is 108 Å². The van der Waals surface area contributed by atoms with Crippen molar-refractivity contribution in [1.82, 2.24) is 111 Å². The molecule has 58 nitrogen and oxygen atoms in total. The smallest absolute Gasteiger partial charge is 0.326 e. The third-order valence-corrected chi connectivity index (χ3v) is 22.0. The molecule has 0 bridgehead atoms. The van der Waals surface area contributed by atoms with Crippen LogP contribution >= 0.6 is 0 Å². The molecule has 0 radical (unpaired) electrons. The zero-order chi connectivity index (χ0) is 112. The number of hydrogen-bond acceptors (Lipinski definition) is 33. The average Bonchev–Trinajstić information content (AvgIpc) is 0.868. The monoisotopic (exact) mass is 2100 g/mol. The lowest BCUT2D eigenvalue weighted by molar-refractivity contribution is -0.142. The van der Waals surface area contributed by atoms with Crippen LogP contribution in [0.3, 0.4) is 0 Å². The minimum Gasteiger partial charge on any atom is -0.508 e. The highest BCUT2D eigenvalue weighted by Gasteiger charge is 2.41. The van der Waals surface area contributed by atoms with E-state index in [-0.39, 0.29) is 37.1 Å². The van der Waals surface area contributed by atoms with Crippen LogP contribution in [0, 0.1) is 11.8 Å². The quantitative estimate of drug-likeness (QED) is 0.0233. The maximum Gasteiger partial charge on any atom is 0.326 e. The Morgan fingerprint density at radius 3 is 1.17 bits per heavy atom. The Labute approximate surface area is 847 Å². The third-order valence-electron chi connectivity index (χ3n) is 22.0. The van der Waals surface area contributed by atoms with E-state index in [0.717, 1.165) is 13.8 Å². The maximum atomic E-state index is 14.6. The molecule has 0 saturated heterocycles. The molecule has 0 aliphatic rings. The van der Waals surface area contributed by atoms with Gasteiger partial charge in [-0.25, -0.2) is 9.78 Å². The summed E-state index contributed by atoms with van der Waals surface area (Å²) in [4.78, 5) is 328. The Morgan fingerprint density at radius 2 is 0.723 bits per heavy atom. The molecule has 0 unspecified atom stereocenters. The minimum absolute atomic E-state index is 0.0264. The van der Waals surface area contributed by atoms with Crippen molar-refractivity contribution < 1.29 is 166 Å². The number of aliphatic hydroxyl groups is 5.